The van der Waals surface area contributed by atoms with Gasteiger partial charge in [-0.1, -0.05) is 37.6 Å². The van der Waals surface area contributed by atoms with Crippen LogP contribution in [0, 0.1) is 0 Å². The van der Waals surface area contributed by atoms with Gasteiger partial charge in [0.15, 0.2) is 0 Å². The third-order valence-corrected chi connectivity index (χ3v) is 4.60. The number of hydrogen-bond donors (Lipinski definition) is 2. The smallest absolute Gasteiger partial charge is 0.335 e. The summed E-state index contributed by atoms with van der Waals surface area (Å²) >= 11 is 6.09. The molecule has 0 saturated heterocycles. The Labute approximate surface area is 161 Å². The van der Waals surface area contributed by atoms with Crippen molar-refractivity contribution in [1.29, 1.82) is 0 Å². The Morgan fingerprint density at radius 3 is 2.11 bits per heavy atom. The van der Waals surface area contributed by atoms with Crippen LogP contribution in [-0.2, 0) is 9.59 Å². The lowest BCUT2D eigenvalue weighted by Crippen LogP contribution is -2.32. The summed E-state index contributed by atoms with van der Waals surface area (Å²) in [6, 6.07) is 12.9. The average Bonchev–Trinajstić information content (AvgIpc) is 2.85. The summed E-state index contributed by atoms with van der Waals surface area (Å²) in [6.07, 6.45) is 0. The van der Waals surface area contributed by atoms with Crippen LogP contribution in [0.5, 0.6) is 0 Å². The predicted octanol–water partition coefficient (Wildman–Crippen LogP) is 3.94. The Hall–Kier alpha value is -3.12. The Kier molecular flexibility index (Phi) is 5.01. The highest BCUT2D eigenvalue weighted by Gasteiger charge is 2.38. The van der Waals surface area contributed by atoms with Crippen LogP contribution < -0.4 is 10.2 Å². The quantitative estimate of drug-likeness (QED) is 0.762. The number of carbonyl (C=O) groups excluding carboxylic acids is 2. The van der Waals surface area contributed by atoms with Gasteiger partial charge in [-0.2, -0.15) is 0 Å². The van der Waals surface area contributed by atoms with Crippen LogP contribution in [0.15, 0.2) is 59.3 Å². The van der Waals surface area contributed by atoms with Crippen molar-refractivity contribution >= 4 is 40.8 Å². The number of carboxylic acids is 1. The zero-order valence-electron chi connectivity index (χ0n) is 14.7. The summed E-state index contributed by atoms with van der Waals surface area (Å²) in [7, 11) is 0. The zero-order chi connectivity index (χ0) is 19.7. The number of rotatable bonds is 5. The van der Waals surface area contributed by atoms with E-state index in [9.17, 15) is 14.4 Å². The highest BCUT2D eigenvalue weighted by molar-refractivity contribution is 6.53. The average molecular weight is 385 g/mol. The molecule has 2 N–H and O–H groups in total. The van der Waals surface area contributed by atoms with E-state index in [-0.39, 0.29) is 16.3 Å². The maximum atomic E-state index is 12.7. The SMILES string of the molecule is CC(C)c1ccc(N2C(=O)C(Cl)=C(Nc3ccc(C(=O)O)cc3)C2=O)cc1. The van der Waals surface area contributed by atoms with Gasteiger partial charge in [0.25, 0.3) is 11.8 Å². The number of nitrogens with one attached hydrogen (secondary N) is 1. The monoisotopic (exact) mass is 384 g/mol. The summed E-state index contributed by atoms with van der Waals surface area (Å²) in [5, 5.41) is 11.5. The first-order valence-corrected chi connectivity index (χ1v) is 8.66. The van der Waals surface area contributed by atoms with Crippen LogP contribution in [0.4, 0.5) is 11.4 Å². The third-order valence-electron chi connectivity index (χ3n) is 4.25. The first-order chi connectivity index (χ1) is 12.8. The molecule has 1 heterocycles. The molecule has 0 atom stereocenters. The molecule has 2 aromatic rings. The molecule has 3 rings (SSSR count). The summed E-state index contributed by atoms with van der Waals surface area (Å²) in [5.41, 5.74) is 2.05. The van der Waals surface area contributed by atoms with Gasteiger partial charge < -0.3 is 10.4 Å². The van der Waals surface area contributed by atoms with Crippen molar-refractivity contribution < 1.29 is 19.5 Å². The maximum Gasteiger partial charge on any atom is 0.335 e. The number of imide groups is 1. The molecule has 0 fully saturated rings. The van der Waals surface area contributed by atoms with E-state index in [0.717, 1.165) is 10.5 Å². The summed E-state index contributed by atoms with van der Waals surface area (Å²) in [4.78, 5) is 37.1. The van der Waals surface area contributed by atoms with Gasteiger partial charge in [-0.25, -0.2) is 9.69 Å². The minimum atomic E-state index is -1.05. The molecule has 2 amide bonds. The molecule has 27 heavy (non-hydrogen) atoms. The van der Waals surface area contributed by atoms with Crippen LogP contribution in [0.25, 0.3) is 0 Å². The topological polar surface area (TPSA) is 86.7 Å². The van der Waals surface area contributed by atoms with E-state index in [1.165, 1.54) is 24.3 Å². The number of halogens is 1. The standard InChI is InChI=1S/C20H17ClN2O4/c1-11(2)12-5-9-15(10-6-12)23-18(24)16(21)17(19(23)25)22-14-7-3-13(4-8-14)20(26)27/h3-11,22H,1-2H3,(H,26,27). The van der Waals surface area contributed by atoms with Gasteiger partial charge in [0, 0.05) is 5.69 Å². The Balaban J connectivity index is 1.84. The molecule has 138 valence electrons. The van der Waals surface area contributed by atoms with E-state index < -0.39 is 17.8 Å². The predicted molar refractivity (Wildman–Crippen MR) is 103 cm³/mol. The molecule has 1 aliphatic heterocycles. The van der Waals surface area contributed by atoms with E-state index in [4.69, 9.17) is 16.7 Å². The second-order valence-corrected chi connectivity index (χ2v) is 6.77. The highest BCUT2D eigenvalue weighted by atomic mass is 35.5. The lowest BCUT2D eigenvalue weighted by Gasteiger charge is -2.16. The normalized spacial score (nSPS) is 14.3. The number of aromatic carboxylic acids is 1. The molecule has 0 bridgehead atoms. The van der Waals surface area contributed by atoms with Crippen molar-refractivity contribution in [3.8, 4) is 0 Å². The van der Waals surface area contributed by atoms with Crippen LogP contribution in [0.2, 0.25) is 0 Å². The van der Waals surface area contributed by atoms with Gasteiger partial charge in [0.1, 0.15) is 10.7 Å². The van der Waals surface area contributed by atoms with Crippen LogP contribution in [-0.4, -0.2) is 22.9 Å². The van der Waals surface area contributed by atoms with E-state index in [2.05, 4.69) is 19.2 Å². The maximum absolute atomic E-state index is 12.7. The summed E-state index contributed by atoms with van der Waals surface area (Å²) in [5.74, 6) is -1.90. The number of hydrogen-bond acceptors (Lipinski definition) is 4. The first-order valence-electron chi connectivity index (χ1n) is 8.28. The van der Waals surface area contributed by atoms with Crippen molar-refractivity contribution in [3.05, 3.63) is 70.4 Å². The number of benzene rings is 2. The van der Waals surface area contributed by atoms with Crippen molar-refractivity contribution in [3.63, 3.8) is 0 Å². The fourth-order valence-corrected chi connectivity index (χ4v) is 2.91. The number of anilines is 2. The van der Waals surface area contributed by atoms with E-state index in [0.29, 0.717) is 17.3 Å². The zero-order valence-corrected chi connectivity index (χ0v) is 15.4. The van der Waals surface area contributed by atoms with Crippen molar-refractivity contribution in [1.82, 2.24) is 0 Å². The Bertz CT molecular complexity index is 947. The number of amides is 2. The molecule has 0 unspecified atom stereocenters. The minimum absolute atomic E-state index is 0.0438. The molecule has 2 aromatic carbocycles. The molecule has 0 spiro atoms. The van der Waals surface area contributed by atoms with Crippen molar-refractivity contribution in [2.45, 2.75) is 19.8 Å². The Morgan fingerprint density at radius 2 is 1.59 bits per heavy atom. The van der Waals surface area contributed by atoms with Gasteiger partial charge in [-0.3, -0.25) is 9.59 Å². The summed E-state index contributed by atoms with van der Waals surface area (Å²) < 4.78 is 0. The van der Waals surface area contributed by atoms with Crippen LogP contribution >= 0.6 is 11.6 Å². The molecule has 0 radical (unpaired) electrons. The van der Waals surface area contributed by atoms with Crippen LogP contribution in [0.3, 0.4) is 0 Å². The van der Waals surface area contributed by atoms with Gasteiger partial charge >= 0.3 is 5.97 Å². The largest absolute Gasteiger partial charge is 0.478 e. The molecular weight excluding hydrogens is 368 g/mol. The minimum Gasteiger partial charge on any atom is -0.478 e. The summed E-state index contributed by atoms with van der Waals surface area (Å²) in [6.45, 7) is 4.11. The van der Waals surface area contributed by atoms with Gasteiger partial charge in [0.05, 0.1) is 11.3 Å². The molecule has 6 nitrogen and oxygen atoms in total. The first kappa shape index (κ1) is 18.7. The van der Waals surface area contributed by atoms with E-state index in [1.54, 1.807) is 12.1 Å². The molecule has 0 aromatic heterocycles. The molecule has 1 aliphatic rings. The van der Waals surface area contributed by atoms with Gasteiger partial charge in [0.2, 0.25) is 0 Å². The number of carbonyl (C=O) groups is 3. The lowest BCUT2D eigenvalue weighted by atomic mass is 10.0. The highest BCUT2D eigenvalue weighted by Crippen LogP contribution is 2.31. The molecule has 0 saturated carbocycles. The number of nitrogens with zero attached hydrogens (tertiary/aromatic N) is 1. The molecular formula is C20H17ClN2O4. The van der Waals surface area contributed by atoms with Gasteiger partial charge in [-0.15, -0.1) is 0 Å². The molecule has 7 heteroatoms. The van der Waals surface area contributed by atoms with Gasteiger partial charge in [-0.05, 0) is 47.9 Å². The fraction of sp³-hybridized carbons (Fsp3) is 0.150. The number of carboxylic acid groups (broad SMARTS) is 1. The fourth-order valence-electron chi connectivity index (χ4n) is 2.69. The van der Waals surface area contributed by atoms with E-state index >= 15 is 0 Å². The molecule has 0 aliphatic carbocycles. The van der Waals surface area contributed by atoms with Crippen LogP contribution in [0.1, 0.15) is 35.7 Å². The second kappa shape index (κ2) is 7.25. The third kappa shape index (κ3) is 3.57. The van der Waals surface area contributed by atoms with Crippen molar-refractivity contribution in [2.24, 2.45) is 0 Å². The lowest BCUT2D eigenvalue weighted by molar-refractivity contribution is -0.120. The second-order valence-electron chi connectivity index (χ2n) is 6.39. The van der Waals surface area contributed by atoms with Crippen molar-refractivity contribution in [2.75, 3.05) is 10.2 Å². The van der Waals surface area contributed by atoms with E-state index in [1.807, 2.05) is 12.1 Å². The Morgan fingerprint density at radius 1 is 1.00 bits per heavy atom.